The highest BCUT2D eigenvalue weighted by molar-refractivity contribution is 7.18. The van der Waals surface area contributed by atoms with E-state index in [1.165, 1.54) is 11.3 Å². The van der Waals surface area contributed by atoms with Crippen molar-refractivity contribution in [2.75, 3.05) is 12.3 Å². The molecule has 1 fully saturated rings. The first kappa shape index (κ1) is 13.9. The van der Waals surface area contributed by atoms with Gasteiger partial charge in [0.05, 0.1) is 15.4 Å². The third kappa shape index (κ3) is 3.07. The molecular weight excluding hydrogens is 262 g/mol. The lowest BCUT2D eigenvalue weighted by Gasteiger charge is -2.05. The molecule has 6 heteroatoms. The SMILES string of the molecule is CCCNC(=O)c1sc(N)c(C(=O)NC2CC2)c1C. The molecule has 1 aliphatic rings. The third-order valence-corrected chi connectivity index (χ3v) is 4.18. The van der Waals surface area contributed by atoms with Crippen LogP contribution < -0.4 is 16.4 Å². The number of hydrogen-bond donors (Lipinski definition) is 3. The number of carbonyl (C=O) groups excluding carboxylic acids is 2. The minimum absolute atomic E-state index is 0.151. The number of thiophene rings is 1. The molecule has 5 nitrogen and oxygen atoms in total. The van der Waals surface area contributed by atoms with Crippen LogP contribution in [0.5, 0.6) is 0 Å². The summed E-state index contributed by atoms with van der Waals surface area (Å²) in [6.45, 7) is 4.39. The molecule has 1 aliphatic carbocycles. The van der Waals surface area contributed by atoms with Gasteiger partial charge >= 0.3 is 0 Å². The molecule has 1 heterocycles. The average molecular weight is 281 g/mol. The number of anilines is 1. The molecule has 4 N–H and O–H groups in total. The molecule has 1 saturated carbocycles. The van der Waals surface area contributed by atoms with Crippen LogP contribution in [-0.2, 0) is 0 Å². The minimum atomic E-state index is -0.164. The van der Waals surface area contributed by atoms with Crippen molar-refractivity contribution in [2.45, 2.75) is 39.2 Å². The first-order chi connectivity index (χ1) is 9.04. The second kappa shape index (κ2) is 5.61. The van der Waals surface area contributed by atoms with Crippen molar-refractivity contribution in [2.24, 2.45) is 0 Å². The predicted octanol–water partition coefficient (Wildman–Crippen LogP) is 1.67. The number of nitrogens with one attached hydrogen (secondary N) is 2. The Labute approximate surface area is 116 Å². The van der Waals surface area contributed by atoms with Crippen molar-refractivity contribution in [1.29, 1.82) is 0 Å². The number of rotatable bonds is 5. The fraction of sp³-hybridized carbons (Fsp3) is 0.538. The van der Waals surface area contributed by atoms with E-state index in [-0.39, 0.29) is 17.9 Å². The fourth-order valence-electron chi connectivity index (χ4n) is 1.84. The molecule has 2 rings (SSSR count). The molecule has 0 saturated heterocycles. The molecule has 19 heavy (non-hydrogen) atoms. The molecule has 0 aliphatic heterocycles. The van der Waals surface area contributed by atoms with Gasteiger partial charge in [-0.25, -0.2) is 0 Å². The first-order valence-electron chi connectivity index (χ1n) is 6.52. The second-order valence-corrected chi connectivity index (χ2v) is 5.85. The number of carbonyl (C=O) groups is 2. The Kier molecular flexibility index (Phi) is 4.09. The Bertz CT molecular complexity index is 506. The summed E-state index contributed by atoms with van der Waals surface area (Å²) in [5.74, 6) is -0.315. The Morgan fingerprint density at radius 3 is 2.63 bits per heavy atom. The van der Waals surface area contributed by atoms with Crippen molar-refractivity contribution < 1.29 is 9.59 Å². The van der Waals surface area contributed by atoms with Gasteiger partial charge in [0.1, 0.15) is 0 Å². The lowest BCUT2D eigenvalue weighted by atomic mass is 10.1. The van der Waals surface area contributed by atoms with Crippen molar-refractivity contribution in [3.8, 4) is 0 Å². The Morgan fingerprint density at radius 1 is 1.37 bits per heavy atom. The van der Waals surface area contributed by atoms with Gasteiger partial charge in [0.25, 0.3) is 11.8 Å². The predicted molar refractivity (Wildman–Crippen MR) is 76.6 cm³/mol. The lowest BCUT2D eigenvalue weighted by Crippen LogP contribution is -2.27. The summed E-state index contributed by atoms with van der Waals surface area (Å²) in [6.07, 6.45) is 2.93. The molecule has 2 amide bonds. The molecule has 0 radical (unpaired) electrons. The highest BCUT2D eigenvalue weighted by Crippen LogP contribution is 2.31. The largest absolute Gasteiger partial charge is 0.390 e. The van der Waals surface area contributed by atoms with Crippen molar-refractivity contribution >= 4 is 28.2 Å². The van der Waals surface area contributed by atoms with Crippen LogP contribution in [0.3, 0.4) is 0 Å². The van der Waals surface area contributed by atoms with Gasteiger partial charge in [-0.2, -0.15) is 0 Å². The number of nitrogens with two attached hydrogens (primary N) is 1. The topological polar surface area (TPSA) is 84.2 Å². The van der Waals surface area contributed by atoms with E-state index in [9.17, 15) is 9.59 Å². The zero-order valence-corrected chi connectivity index (χ0v) is 12.0. The van der Waals surface area contributed by atoms with Gasteiger partial charge in [-0.05, 0) is 31.7 Å². The summed E-state index contributed by atoms with van der Waals surface area (Å²) < 4.78 is 0. The van der Waals surface area contributed by atoms with E-state index in [4.69, 9.17) is 5.73 Å². The van der Waals surface area contributed by atoms with Gasteiger partial charge in [0.15, 0.2) is 0 Å². The summed E-state index contributed by atoms with van der Waals surface area (Å²) in [7, 11) is 0. The van der Waals surface area contributed by atoms with Crippen LogP contribution in [0, 0.1) is 6.92 Å². The van der Waals surface area contributed by atoms with E-state index in [1.807, 2.05) is 6.92 Å². The van der Waals surface area contributed by atoms with E-state index < -0.39 is 0 Å². The van der Waals surface area contributed by atoms with Gasteiger partial charge in [-0.15, -0.1) is 11.3 Å². The molecular formula is C13H19N3O2S. The Hall–Kier alpha value is -1.56. The maximum absolute atomic E-state index is 12.1. The van der Waals surface area contributed by atoms with Crippen molar-refractivity contribution in [3.05, 3.63) is 16.0 Å². The van der Waals surface area contributed by atoms with Crippen LogP contribution in [0.4, 0.5) is 5.00 Å². The molecule has 0 aromatic carbocycles. The minimum Gasteiger partial charge on any atom is -0.390 e. The molecule has 1 aromatic heterocycles. The van der Waals surface area contributed by atoms with Gasteiger partial charge in [-0.1, -0.05) is 6.92 Å². The summed E-state index contributed by atoms with van der Waals surface area (Å²) in [5.41, 5.74) is 7.02. The van der Waals surface area contributed by atoms with E-state index in [2.05, 4.69) is 10.6 Å². The summed E-state index contributed by atoms with van der Waals surface area (Å²) in [5, 5.41) is 6.12. The number of hydrogen-bond acceptors (Lipinski definition) is 4. The van der Waals surface area contributed by atoms with Crippen LogP contribution in [0.2, 0.25) is 0 Å². The zero-order chi connectivity index (χ0) is 14.0. The summed E-state index contributed by atoms with van der Waals surface area (Å²) >= 11 is 1.18. The van der Waals surface area contributed by atoms with Gasteiger partial charge in [0, 0.05) is 12.6 Å². The van der Waals surface area contributed by atoms with Crippen molar-refractivity contribution in [3.63, 3.8) is 0 Å². The second-order valence-electron chi connectivity index (χ2n) is 4.80. The van der Waals surface area contributed by atoms with Crippen LogP contribution in [-0.4, -0.2) is 24.4 Å². The van der Waals surface area contributed by atoms with E-state index in [0.717, 1.165) is 19.3 Å². The highest BCUT2D eigenvalue weighted by atomic mass is 32.1. The normalized spacial score (nSPS) is 14.2. The van der Waals surface area contributed by atoms with E-state index in [1.54, 1.807) is 6.92 Å². The van der Waals surface area contributed by atoms with Crippen LogP contribution in [0.15, 0.2) is 0 Å². The number of amides is 2. The first-order valence-corrected chi connectivity index (χ1v) is 7.34. The Balaban J connectivity index is 2.18. The van der Waals surface area contributed by atoms with E-state index >= 15 is 0 Å². The maximum atomic E-state index is 12.1. The summed E-state index contributed by atoms with van der Waals surface area (Å²) in [4.78, 5) is 24.6. The smallest absolute Gasteiger partial charge is 0.261 e. The fourth-order valence-corrected chi connectivity index (χ4v) is 2.83. The number of nitrogen functional groups attached to an aromatic ring is 1. The van der Waals surface area contributed by atoms with Crippen LogP contribution in [0.25, 0.3) is 0 Å². The molecule has 0 unspecified atom stereocenters. The molecule has 104 valence electrons. The molecule has 1 aromatic rings. The third-order valence-electron chi connectivity index (χ3n) is 3.06. The molecule has 0 spiro atoms. The lowest BCUT2D eigenvalue weighted by molar-refractivity contribution is 0.0951. The van der Waals surface area contributed by atoms with Crippen LogP contribution in [0.1, 0.15) is 51.8 Å². The average Bonchev–Trinajstić information content (AvgIpc) is 3.11. The van der Waals surface area contributed by atoms with Crippen molar-refractivity contribution in [1.82, 2.24) is 10.6 Å². The Morgan fingerprint density at radius 2 is 2.05 bits per heavy atom. The van der Waals surface area contributed by atoms with Gasteiger partial charge < -0.3 is 16.4 Å². The van der Waals surface area contributed by atoms with Crippen LogP contribution >= 0.6 is 11.3 Å². The summed E-state index contributed by atoms with van der Waals surface area (Å²) in [6, 6.07) is 0.281. The monoisotopic (exact) mass is 281 g/mol. The molecule has 0 bridgehead atoms. The van der Waals surface area contributed by atoms with Gasteiger partial charge in [0.2, 0.25) is 0 Å². The maximum Gasteiger partial charge on any atom is 0.261 e. The molecule has 0 atom stereocenters. The standard InChI is InChI=1S/C13H19N3O2S/c1-3-6-15-13(18)10-7(2)9(11(14)19-10)12(17)16-8-4-5-8/h8H,3-6,14H2,1-2H3,(H,15,18)(H,16,17). The van der Waals surface area contributed by atoms with Gasteiger partial charge in [-0.3, -0.25) is 9.59 Å². The zero-order valence-electron chi connectivity index (χ0n) is 11.2. The van der Waals surface area contributed by atoms with E-state index in [0.29, 0.717) is 27.5 Å². The highest BCUT2D eigenvalue weighted by Gasteiger charge is 2.28. The quantitative estimate of drug-likeness (QED) is 0.767.